The zero-order valence-corrected chi connectivity index (χ0v) is 54.0. The molecule has 1 saturated heterocycles. The Labute approximate surface area is 512 Å². The molecule has 14 fully saturated rings. The van der Waals surface area contributed by atoms with E-state index in [1.165, 1.54) is 45.6 Å². The predicted molar refractivity (Wildman–Crippen MR) is 317 cm³/mol. The van der Waals surface area contributed by atoms with Crippen LogP contribution in [0.15, 0.2) is 0 Å². The molecule has 0 aromatic rings. The van der Waals surface area contributed by atoms with Crippen LogP contribution in [0, 0.1) is 92.7 Å². The van der Waals surface area contributed by atoms with Crippen LogP contribution in [-0.4, -0.2) is 141 Å². The molecule has 18 nitrogen and oxygen atoms in total. The first-order chi connectivity index (χ1) is 40.4. The van der Waals surface area contributed by atoms with E-state index in [-0.39, 0.29) is 110 Å². The zero-order valence-electron chi connectivity index (χ0n) is 54.0. The van der Waals surface area contributed by atoms with Crippen molar-refractivity contribution in [2.75, 3.05) is 33.5 Å². The number of hydrogen-bond donors (Lipinski definition) is 6. The maximum absolute atomic E-state index is 12.5. The van der Waals surface area contributed by atoms with Gasteiger partial charge in [-0.05, 0) is 210 Å². The minimum absolute atomic E-state index is 0.0207. The lowest BCUT2D eigenvalue weighted by Crippen LogP contribution is -2.61. The highest BCUT2D eigenvalue weighted by Crippen LogP contribution is 2.62. The molecule has 0 aromatic carbocycles. The summed E-state index contributed by atoms with van der Waals surface area (Å²) in [5.74, 6) is 4.37. The topological polar surface area (TPSA) is 279 Å². The van der Waals surface area contributed by atoms with Crippen LogP contribution in [0.3, 0.4) is 0 Å². The number of rotatable bonds is 18. The van der Waals surface area contributed by atoms with E-state index in [1.807, 2.05) is 41.5 Å². The van der Waals surface area contributed by atoms with Gasteiger partial charge >= 0.3 is 35.8 Å². The molecular formula is C68H110O18. The quantitative estimate of drug-likeness (QED) is 0.0552. The largest absolute Gasteiger partial charge is 0.469 e. The number of hydrogen-bond acceptors (Lipinski definition) is 18. The smallest absolute Gasteiger partial charge is 0.314 e. The zero-order chi connectivity index (χ0) is 63.2. The third-order valence-electron chi connectivity index (χ3n) is 24.6. The fourth-order valence-corrected chi connectivity index (χ4v) is 18.6. The van der Waals surface area contributed by atoms with Gasteiger partial charge in [0.1, 0.15) is 29.5 Å². The predicted octanol–water partition coefficient (Wildman–Crippen LogP) is 8.90. The Morgan fingerprint density at radius 2 is 0.988 bits per heavy atom. The van der Waals surface area contributed by atoms with Crippen molar-refractivity contribution in [1.82, 2.24) is 0 Å². The Hall–Kier alpha value is -3.42. The molecule has 19 unspecified atom stereocenters. The summed E-state index contributed by atoms with van der Waals surface area (Å²) in [5.41, 5.74) is -5.06. The summed E-state index contributed by atoms with van der Waals surface area (Å²) in [4.78, 5) is 71.5. The fraction of sp³-hybridized carbons (Fsp3) is 0.912. The van der Waals surface area contributed by atoms with Crippen LogP contribution in [-0.2, 0) is 57.2 Å². The number of aliphatic hydroxyl groups is 6. The van der Waals surface area contributed by atoms with Crippen LogP contribution in [0.5, 0.6) is 0 Å². The molecule has 0 aromatic heterocycles. The van der Waals surface area contributed by atoms with Gasteiger partial charge < -0.3 is 59.1 Å². The van der Waals surface area contributed by atoms with Crippen molar-refractivity contribution >= 4 is 35.8 Å². The van der Waals surface area contributed by atoms with Crippen molar-refractivity contribution in [2.24, 2.45) is 92.7 Å². The van der Waals surface area contributed by atoms with Crippen molar-refractivity contribution in [3.05, 3.63) is 0 Å². The molecule has 13 saturated carbocycles. The SMILES string of the molecule is CCC(C)(CO)C(=O)OC.CCC(C)(CO)C(=O)OC12CC3CC(CC(O)(C3)C1)C2.CCC(C)(CO)C(=O)OC1C2CC3C(=O)OC1C3C2.CCC(C)(CO)C(=O)OC1CC2CC1C1CCCC21.CCC(C)C(=O)OC12CC3CC(CC(O)(C3)C1)C2. The van der Waals surface area contributed by atoms with Crippen molar-refractivity contribution in [1.29, 1.82) is 0 Å². The average Bonchev–Trinajstić information content (AvgIpc) is 0.941. The number of fused-ring (bicyclic) bond motifs is 6. The van der Waals surface area contributed by atoms with Crippen LogP contribution in [0.2, 0.25) is 0 Å². The van der Waals surface area contributed by atoms with E-state index in [4.69, 9.17) is 28.8 Å². The molecule has 14 rings (SSSR count). The molecule has 12 bridgehead atoms. The summed E-state index contributed by atoms with van der Waals surface area (Å²) in [6.45, 7) is 17.7. The van der Waals surface area contributed by atoms with E-state index in [1.54, 1.807) is 27.7 Å². The second-order valence-electron chi connectivity index (χ2n) is 31.0. The van der Waals surface area contributed by atoms with E-state index in [9.17, 15) is 54.3 Å². The first kappa shape index (κ1) is 68.5. The molecule has 13 aliphatic carbocycles. The van der Waals surface area contributed by atoms with Crippen molar-refractivity contribution in [3.63, 3.8) is 0 Å². The van der Waals surface area contributed by atoms with Gasteiger partial charge in [0.25, 0.3) is 0 Å². The first-order valence-electron chi connectivity index (χ1n) is 33.5. The van der Waals surface area contributed by atoms with Gasteiger partial charge in [-0.2, -0.15) is 0 Å². The molecule has 19 atom stereocenters. The van der Waals surface area contributed by atoms with E-state index < -0.39 is 38.5 Å². The van der Waals surface area contributed by atoms with E-state index in [2.05, 4.69) is 4.74 Å². The molecule has 0 amide bonds. The summed E-state index contributed by atoms with van der Waals surface area (Å²) in [6, 6.07) is 0. The highest BCUT2D eigenvalue weighted by atomic mass is 16.6. The van der Waals surface area contributed by atoms with Gasteiger partial charge in [0, 0.05) is 24.7 Å². The van der Waals surface area contributed by atoms with Gasteiger partial charge in [0.2, 0.25) is 0 Å². The third kappa shape index (κ3) is 13.8. The van der Waals surface area contributed by atoms with Crippen LogP contribution in [0.4, 0.5) is 0 Å². The van der Waals surface area contributed by atoms with Gasteiger partial charge in [-0.3, -0.25) is 28.8 Å². The number of aliphatic hydroxyl groups excluding tert-OH is 4. The Morgan fingerprint density at radius 1 is 0.547 bits per heavy atom. The lowest BCUT2D eigenvalue weighted by atomic mass is 9.52. The fourth-order valence-electron chi connectivity index (χ4n) is 18.6. The Morgan fingerprint density at radius 3 is 1.43 bits per heavy atom. The molecule has 18 heteroatoms. The number of methoxy groups -OCH3 is 1. The Balaban J connectivity index is 0.000000142. The molecule has 0 radical (unpaired) electrons. The minimum Gasteiger partial charge on any atom is -0.469 e. The minimum atomic E-state index is -0.857. The first-order valence-corrected chi connectivity index (χ1v) is 33.5. The van der Waals surface area contributed by atoms with Crippen LogP contribution in [0.25, 0.3) is 0 Å². The number of esters is 6. The molecule has 86 heavy (non-hydrogen) atoms. The summed E-state index contributed by atoms with van der Waals surface area (Å²) in [6.07, 6.45) is 21.9. The van der Waals surface area contributed by atoms with E-state index in [0.717, 1.165) is 94.8 Å². The summed E-state index contributed by atoms with van der Waals surface area (Å²) in [7, 11) is 1.33. The Bertz CT molecular complexity index is 2380. The van der Waals surface area contributed by atoms with E-state index >= 15 is 0 Å². The third-order valence-corrected chi connectivity index (χ3v) is 24.6. The van der Waals surface area contributed by atoms with Crippen LogP contribution >= 0.6 is 0 Å². The molecule has 14 aliphatic rings. The van der Waals surface area contributed by atoms with Gasteiger partial charge in [-0.25, -0.2) is 0 Å². The summed E-state index contributed by atoms with van der Waals surface area (Å²) < 4.78 is 33.0. The second-order valence-corrected chi connectivity index (χ2v) is 31.0. The second kappa shape index (κ2) is 26.4. The van der Waals surface area contributed by atoms with Gasteiger partial charge in [0.05, 0.1) is 78.2 Å². The Kier molecular flexibility index (Phi) is 21.0. The van der Waals surface area contributed by atoms with E-state index in [0.29, 0.717) is 68.1 Å². The maximum Gasteiger partial charge on any atom is 0.314 e. The normalized spacial score (nSPS) is 41.0. The van der Waals surface area contributed by atoms with Crippen molar-refractivity contribution < 1.29 is 87.8 Å². The molecule has 490 valence electrons. The number of carbonyl (C=O) groups is 6. The highest BCUT2D eigenvalue weighted by Gasteiger charge is 2.65. The monoisotopic (exact) mass is 1210 g/mol. The summed E-state index contributed by atoms with van der Waals surface area (Å²) >= 11 is 0. The number of carbonyl (C=O) groups excluding carboxylic acids is 6. The van der Waals surface area contributed by atoms with Crippen molar-refractivity contribution in [3.8, 4) is 0 Å². The van der Waals surface area contributed by atoms with Gasteiger partial charge in [-0.1, -0.05) is 48.0 Å². The maximum atomic E-state index is 12.5. The molecule has 1 heterocycles. The van der Waals surface area contributed by atoms with Gasteiger partial charge in [-0.15, -0.1) is 0 Å². The average molecular weight is 1220 g/mol. The number of ether oxygens (including phenoxy) is 6. The standard InChI is InChI=1S/C16H26O4.C16H26O3.C15H24O3.C14H20O5.C7H14O3/c1-3-14(2,10-17)13(18)20-16-7-11-4-12(8-16)6-15(19,5-11)9-16;1-3-16(2,9-17)15(18)19-14-8-10-7-13(14)12-6-4-5-11(10)12;1-3-10(2)13(16)18-15-7-11-4-12(8-15)6-14(17,5-11)9-15;1-3-14(2,6-15)13(17)19-10-7-4-8-9(5-7)12(16)18-11(8)10;1-4-7(2,5-8)6(9)10-3/h11-12,17,19H,3-10H2,1-2H3;10-14,17H,3-9H2,1-2H3;10-12,17H,3-9H2,1-2H3;7-11,15H,3-6H2,1-2H3;8H,4-5H2,1-3H3. The van der Waals surface area contributed by atoms with Crippen LogP contribution < -0.4 is 0 Å². The molecule has 0 spiro atoms. The lowest BCUT2D eigenvalue weighted by molar-refractivity contribution is -0.227. The van der Waals surface area contributed by atoms with Gasteiger partial charge in [0.15, 0.2) is 0 Å². The molecular weight excluding hydrogens is 1100 g/mol. The van der Waals surface area contributed by atoms with Crippen LogP contribution in [0.1, 0.15) is 223 Å². The van der Waals surface area contributed by atoms with Crippen molar-refractivity contribution in [2.45, 2.75) is 264 Å². The highest BCUT2D eigenvalue weighted by molar-refractivity contribution is 5.79. The lowest BCUT2D eigenvalue weighted by Gasteiger charge is -2.59. The molecule has 6 N–H and O–H groups in total. The summed E-state index contributed by atoms with van der Waals surface area (Å²) in [5, 5.41) is 58.3. The molecule has 1 aliphatic heterocycles.